The van der Waals surface area contributed by atoms with E-state index in [4.69, 9.17) is 39.2 Å². The molecule has 45 heavy (non-hydrogen) atoms. The fourth-order valence-corrected chi connectivity index (χ4v) is 5.42. The standard InChI is InChI=1S/3C6H15N.C6H15O15P3/c3*1-4-7(5-2)6-3;7-1-2-4(19-22(9,10)11)5(20-23(12,13)14)3(8)6(18-2)21-24(15,16)17/h3*4-6H2,1-3H3;2-8H,1H2,(H2,9,10,11)(H2,12,13,14)(H2,15,16,17)/t;;;2-,3-,4-,5-,6+/m...1/s1. The summed E-state index contributed by atoms with van der Waals surface area (Å²) in [5, 5.41) is 19.0. The number of aliphatic hydroxyl groups is 2. The summed E-state index contributed by atoms with van der Waals surface area (Å²) in [4.78, 5) is 59.8. The second kappa shape index (κ2) is 26.0. The van der Waals surface area contributed by atoms with Gasteiger partial charge in [0.2, 0.25) is 0 Å². The van der Waals surface area contributed by atoms with Gasteiger partial charge in [-0.05, 0) is 58.9 Å². The van der Waals surface area contributed by atoms with Gasteiger partial charge >= 0.3 is 23.5 Å². The van der Waals surface area contributed by atoms with Crippen molar-refractivity contribution in [2.45, 2.75) is 93.0 Å². The van der Waals surface area contributed by atoms with Crippen LogP contribution in [0.2, 0.25) is 0 Å². The zero-order chi connectivity index (χ0) is 36.0. The minimum atomic E-state index is -5.37. The molecule has 8 N–H and O–H groups in total. The molecular weight excluding hydrogens is 663 g/mol. The zero-order valence-electron chi connectivity index (χ0n) is 28.1. The van der Waals surface area contributed by atoms with E-state index >= 15 is 0 Å². The quantitative estimate of drug-likeness (QED) is 0.104. The van der Waals surface area contributed by atoms with Crippen molar-refractivity contribution in [3.05, 3.63) is 0 Å². The molecule has 1 aliphatic heterocycles. The van der Waals surface area contributed by atoms with Crippen molar-refractivity contribution in [1.82, 2.24) is 14.7 Å². The van der Waals surface area contributed by atoms with Gasteiger partial charge in [-0.1, -0.05) is 62.3 Å². The first kappa shape index (κ1) is 49.5. The highest BCUT2D eigenvalue weighted by Gasteiger charge is 2.52. The van der Waals surface area contributed by atoms with Gasteiger partial charge in [-0.2, -0.15) is 0 Å². The van der Waals surface area contributed by atoms with Gasteiger partial charge in [-0.3, -0.25) is 13.6 Å². The van der Waals surface area contributed by atoms with Crippen LogP contribution in [0.25, 0.3) is 0 Å². The van der Waals surface area contributed by atoms with E-state index in [9.17, 15) is 18.8 Å². The number of nitrogens with zero attached hydrogens (tertiary/aromatic N) is 3. The molecule has 0 spiro atoms. The molecule has 5 atom stereocenters. The lowest BCUT2D eigenvalue weighted by atomic mass is 9.99. The number of ether oxygens (including phenoxy) is 1. The van der Waals surface area contributed by atoms with Crippen LogP contribution in [-0.4, -0.2) is 150 Å². The third kappa shape index (κ3) is 25.7. The molecule has 0 aromatic carbocycles. The van der Waals surface area contributed by atoms with Gasteiger partial charge in [-0.25, -0.2) is 13.7 Å². The Morgan fingerprint density at radius 1 is 0.533 bits per heavy atom. The van der Waals surface area contributed by atoms with Gasteiger partial charge in [0.05, 0.1) is 6.61 Å². The van der Waals surface area contributed by atoms with Crippen LogP contribution < -0.4 is 0 Å². The highest BCUT2D eigenvalue weighted by Crippen LogP contribution is 2.48. The summed E-state index contributed by atoms with van der Waals surface area (Å²) in [6.07, 6.45) is -10.8. The molecule has 0 bridgehead atoms. The first-order chi connectivity index (χ1) is 20.7. The molecular formula is C24H60N3O15P3. The molecule has 1 rings (SSSR count). The van der Waals surface area contributed by atoms with Gasteiger partial charge in [0.15, 0.2) is 6.29 Å². The Morgan fingerprint density at radius 3 is 1.00 bits per heavy atom. The summed E-state index contributed by atoms with van der Waals surface area (Å²) in [5.74, 6) is 0. The molecule has 1 aliphatic rings. The van der Waals surface area contributed by atoms with Crippen LogP contribution in [0.15, 0.2) is 0 Å². The van der Waals surface area contributed by atoms with Crippen LogP contribution in [0, 0.1) is 0 Å². The summed E-state index contributed by atoms with van der Waals surface area (Å²) < 4.78 is 49.8. The van der Waals surface area contributed by atoms with Crippen LogP contribution in [0.4, 0.5) is 0 Å². The number of rotatable bonds is 16. The Balaban J connectivity index is -0.000000679. The van der Waals surface area contributed by atoms with Crippen molar-refractivity contribution in [3.63, 3.8) is 0 Å². The molecule has 0 aromatic rings. The first-order valence-corrected chi connectivity index (χ1v) is 19.6. The van der Waals surface area contributed by atoms with E-state index in [0.717, 1.165) is 0 Å². The smallest absolute Gasteiger partial charge is 0.394 e. The third-order valence-corrected chi connectivity index (χ3v) is 8.10. The molecule has 1 saturated heterocycles. The Bertz CT molecular complexity index is 804. The van der Waals surface area contributed by atoms with Crippen molar-refractivity contribution in [2.75, 3.05) is 65.5 Å². The Morgan fingerprint density at radius 2 is 0.800 bits per heavy atom. The zero-order valence-corrected chi connectivity index (χ0v) is 30.8. The maximum Gasteiger partial charge on any atom is 0.472 e. The SMILES string of the molecule is CCN(CC)CC.CCN(CC)CC.CCN(CC)CC.O=P(O)(O)O[C@@H]1O[C@H](CO)[C@@H](OP(=O)(O)O)[C@H](OP(=O)(O)O)[C@H]1O. The molecule has 0 aromatic heterocycles. The van der Waals surface area contributed by atoms with Crippen LogP contribution in [-0.2, 0) is 32.0 Å². The highest BCUT2D eigenvalue weighted by molar-refractivity contribution is 7.46. The van der Waals surface area contributed by atoms with Crippen molar-refractivity contribution < 1.29 is 71.6 Å². The molecule has 0 saturated carbocycles. The second-order valence-electron chi connectivity index (χ2n) is 9.29. The van der Waals surface area contributed by atoms with Crippen molar-refractivity contribution >= 4 is 23.5 Å². The first-order valence-electron chi connectivity index (χ1n) is 15.0. The molecule has 0 aliphatic carbocycles. The summed E-state index contributed by atoms with van der Waals surface area (Å²) in [6, 6.07) is 0. The predicted molar refractivity (Wildman–Crippen MR) is 169 cm³/mol. The van der Waals surface area contributed by atoms with E-state index in [1.807, 2.05) is 0 Å². The number of hydrogen-bond acceptors (Lipinski definition) is 12. The summed E-state index contributed by atoms with van der Waals surface area (Å²) in [5.41, 5.74) is 0. The number of aliphatic hydroxyl groups excluding tert-OH is 2. The highest BCUT2D eigenvalue weighted by atomic mass is 31.2. The minimum Gasteiger partial charge on any atom is -0.394 e. The molecule has 0 unspecified atom stereocenters. The summed E-state index contributed by atoms with van der Waals surface area (Å²) >= 11 is 0. The van der Waals surface area contributed by atoms with E-state index in [1.165, 1.54) is 58.9 Å². The number of phosphoric acid groups is 3. The van der Waals surface area contributed by atoms with Gasteiger partial charge < -0.3 is 59.0 Å². The maximum absolute atomic E-state index is 11.0. The molecule has 0 amide bonds. The van der Waals surface area contributed by atoms with Crippen LogP contribution in [0.5, 0.6) is 0 Å². The van der Waals surface area contributed by atoms with Gasteiger partial charge in [0, 0.05) is 0 Å². The molecule has 0 radical (unpaired) electrons. The Hall–Kier alpha value is 0.0900. The largest absolute Gasteiger partial charge is 0.472 e. The summed E-state index contributed by atoms with van der Waals surface area (Å²) in [7, 11) is -15.9. The van der Waals surface area contributed by atoms with E-state index in [0.29, 0.717) is 0 Å². The van der Waals surface area contributed by atoms with E-state index < -0.39 is 60.8 Å². The van der Waals surface area contributed by atoms with Crippen molar-refractivity contribution in [1.29, 1.82) is 0 Å². The van der Waals surface area contributed by atoms with E-state index in [2.05, 4.69) is 90.6 Å². The molecule has 18 nitrogen and oxygen atoms in total. The molecule has 21 heteroatoms. The Labute approximate surface area is 268 Å². The lowest BCUT2D eigenvalue weighted by Crippen LogP contribution is -2.60. The van der Waals surface area contributed by atoms with Crippen LogP contribution in [0.1, 0.15) is 62.3 Å². The van der Waals surface area contributed by atoms with Crippen LogP contribution in [0.3, 0.4) is 0 Å². The fraction of sp³-hybridized carbons (Fsp3) is 1.00. The maximum atomic E-state index is 11.0. The second-order valence-corrected chi connectivity index (χ2v) is 12.9. The topological polar surface area (TPSA) is 260 Å². The third-order valence-electron chi connectivity index (χ3n) is 6.58. The predicted octanol–water partition coefficient (Wildman–Crippen LogP) is 1.17. The average molecular weight is 724 g/mol. The lowest BCUT2D eigenvalue weighted by molar-refractivity contribution is -0.274. The van der Waals surface area contributed by atoms with Crippen molar-refractivity contribution in [2.24, 2.45) is 0 Å². The fourth-order valence-electron chi connectivity index (χ4n) is 3.84. The molecule has 276 valence electrons. The van der Waals surface area contributed by atoms with E-state index in [-0.39, 0.29) is 0 Å². The lowest BCUT2D eigenvalue weighted by Gasteiger charge is -2.42. The summed E-state index contributed by atoms with van der Waals surface area (Å²) in [6.45, 7) is 29.3. The Kier molecular flexibility index (Phi) is 28.6. The van der Waals surface area contributed by atoms with Crippen molar-refractivity contribution in [3.8, 4) is 0 Å². The minimum absolute atomic E-state index is 1.10. The normalized spacial score (nSPS) is 22.3. The molecule has 1 heterocycles. The van der Waals surface area contributed by atoms with Gasteiger partial charge in [0.1, 0.15) is 24.4 Å². The monoisotopic (exact) mass is 723 g/mol. The average Bonchev–Trinajstić information content (AvgIpc) is 2.94. The molecule has 1 fully saturated rings. The van der Waals surface area contributed by atoms with Gasteiger partial charge in [-0.15, -0.1) is 0 Å². The van der Waals surface area contributed by atoms with Gasteiger partial charge in [0.25, 0.3) is 0 Å². The van der Waals surface area contributed by atoms with E-state index in [1.54, 1.807) is 0 Å². The van der Waals surface area contributed by atoms with Crippen LogP contribution >= 0.6 is 23.5 Å². The number of phosphoric ester groups is 3. The number of hydrogen-bond donors (Lipinski definition) is 8.